The van der Waals surface area contributed by atoms with Gasteiger partial charge in [0.15, 0.2) is 0 Å². The second kappa shape index (κ2) is 6.21. The van der Waals surface area contributed by atoms with Gasteiger partial charge in [0.05, 0.1) is 18.3 Å². The third kappa shape index (κ3) is 2.48. The number of fused-ring (bicyclic) bond motifs is 5. The minimum Gasteiger partial charge on any atom is -0.390 e. The van der Waals surface area contributed by atoms with E-state index < -0.39 is 0 Å². The zero-order chi connectivity index (χ0) is 18.0. The summed E-state index contributed by atoms with van der Waals surface area (Å²) in [6.45, 7) is 7.52. The lowest BCUT2D eigenvalue weighted by Crippen LogP contribution is -2.61. The van der Waals surface area contributed by atoms with Crippen LogP contribution in [0.5, 0.6) is 0 Å². The molecule has 0 bridgehead atoms. The van der Waals surface area contributed by atoms with Crippen molar-refractivity contribution in [2.24, 2.45) is 40.4 Å². The number of aliphatic hydroxyl groups is 1. The summed E-state index contributed by atoms with van der Waals surface area (Å²) in [4.78, 5) is 0. The van der Waals surface area contributed by atoms with Gasteiger partial charge in [-0.25, -0.2) is 0 Å². The van der Waals surface area contributed by atoms with Crippen LogP contribution in [0.2, 0.25) is 0 Å². The van der Waals surface area contributed by atoms with Gasteiger partial charge in [0.25, 0.3) is 0 Å². The Hall–Kier alpha value is -0.120. The number of rotatable bonds is 2. The Morgan fingerprint density at radius 3 is 2.24 bits per heavy atom. The minimum absolute atomic E-state index is 0.00619. The molecular weight excluding hydrogens is 312 g/mol. The van der Waals surface area contributed by atoms with Crippen LogP contribution in [0.3, 0.4) is 0 Å². The Morgan fingerprint density at radius 2 is 1.56 bits per heavy atom. The number of hydrogen-bond donors (Lipinski definition) is 1. The fraction of sp³-hybridized carbons (Fsp3) is 1.00. The third-order valence-corrected chi connectivity index (χ3v) is 9.65. The van der Waals surface area contributed by atoms with E-state index >= 15 is 0 Å². The average Bonchev–Trinajstić information content (AvgIpc) is 2.89. The highest BCUT2D eigenvalue weighted by molar-refractivity contribution is 5.12. The topological polar surface area (TPSA) is 38.7 Å². The second-order valence-corrected chi connectivity index (χ2v) is 10.3. The number of methoxy groups -OCH3 is 2. The first kappa shape index (κ1) is 18.3. The van der Waals surface area contributed by atoms with Gasteiger partial charge in [0, 0.05) is 14.2 Å². The van der Waals surface area contributed by atoms with Crippen molar-refractivity contribution in [2.45, 2.75) is 84.0 Å². The maximum atomic E-state index is 10.5. The first-order valence-corrected chi connectivity index (χ1v) is 10.6. The molecule has 25 heavy (non-hydrogen) atoms. The van der Waals surface area contributed by atoms with Crippen molar-refractivity contribution in [3.8, 4) is 0 Å². The molecule has 4 fully saturated rings. The van der Waals surface area contributed by atoms with Gasteiger partial charge in [-0.15, -0.1) is 0 Å². The quantitative estimate of drug-likeness (QED) is 0.808. The maximum absolute atomic E-state index is 10.5. The molecule has 3 nitrogen and oxygen atoms in total. The third-order valence-electron chi connectivity index (χ3n) is 9.65. The molecule has 3 heteroatoms. The molecule has 0 aliphatic heterocycles. The van der Waals surface area contributed by atoms with E-state index in [4.69, 9.17) is 9.47 Å². The van der Waals surface area contributed by atoms with Gasteiger partial charge in [-0.3, -0.25) is 0 Å². The standard InChI is InChI=1S/C22H38O3/c1-13-6-9-16-15-8-7-14-10-17(23)18(24-4)11-22(14,3)20(15)19(25-5)12-21(13,16)2/h13-20,23H,6-12H2,1-5H3/t13-,14-,15-,16-,17-,18-,19-,20+,21+,22-/m0/s1. The number of ether oxygens (including phenoxy) is 2. The lowest BCUT2D eigenvalue weighted by Gasteiger charge is -2.63. The van der Waals surface area contributed by atoms with Crippen LogP contribution in [-0.4, -0.2) is 37.6 Å². The summed E-state index contributed by atoms with van der Waals surface area (Å²) in [5.74, 6) is 3.73. The van der Waals surface area contributed by atoms with Crippen molar-refractivity contribution >= 4 is 0 Å². The second-order valence-electron chi connectivity index (χ2n) is 10.3. The molecule has 0 amide bonds. The van der Waals surface area contributed by atoms with Gasteiger partial charge in [-0.1, -0.05) is 20.8 Å². The van der Waals surface area contributed by atoms with E-state index in [0.29, 0.717) is 23.4 Å². The Bertz CT molecular complexity index is 508. The molecule has 4 rings (SSSR count). The van der Waals surface area contributed by atoms with Crippen LogP contribution in [0.15, 0.2) is 0 Å². The lowest BCUT2D eigenvalue weighted by molar-refractivity contribution is -0.205. The molecule has 1 N–H and O–H groups in total. The zero-order valence-electron chi connectivity index (χ0n) is 16.8. The predicted molar refractivity (Wildman–Crippen MR) is 99.3 cm³/mol. The van der Waals surface area contributed by atoms with Crippen molar-refractivity contribution in [1.29, 1.82) is 0 Å². The van der Waals surface area contributed by atoms with Gasteiger partial charge in [0.1, 0.15) is 0 Å². The smallest absolute Gasteiger partial charge is 0.0835 e. The van der Waals surface area contributed by atoms with Crippen molar-refractivity contribution in [3.63, 3.8) is 0 Å². The molecule has 4 aliphatic rings. The van der Waals surface area contributed by atoms with Crippen LogP contribution >= 0.6 is 0 Å². The summed E-state index contributed by atoms with van der Waals surface area (Å²) in [6, 6.07) is 0. The van der Waals surface area contributed by atoms with E-state index in [1.807, 2.05) is 7.11 Å². The largest absolute Gasteiger partial charge is 0.390 e. The van der Waals surface area contributed by atoms with Gasteiger partial charge in [0.2, 0.25) is 0 Å². The van der Waals surface area contributed by atoms with E-state index in [1.54, 1.807) is 7.11 Å². The van der Waals surface area contributed by atoms with E-state index in [1.165, 1.54) is 32.1 Å². The molecule has 0 spiro atoms. The summed E-state index contributed by atoms with van der Waals surface area (Å²) in [7, 11) is 3.70. The first-order chi connectivity index (χ1) is 11.8. The average molecular weight is 351 g/mol. The molecule has 0 saturated heterocycles. The summed E-state index contributed by atoms with van der Waals surface area (Å²) in [6.07, 6.45) is 8.61. The maximum Gasteiger partial charge on any atom is 0.0835 e. The van der Waals surface area contributed by atoms with Crippen molar-refractivity contribution in [3.05, 3.63) is 0 Å². The van der Waals surface area contributed by atoms with E-state index in [-0.39, 0.29) is 17.6 Å². The van der Waals surface area contributed by atoms with Crippen molar-refractivity contribution in [1.82, 2.24) is 0 Å². The predicted octanol–water partition coefficient (Wildman–Crippen LogP) is 4.28. The van der Waals surface area contributed by atoms with Crippen LogP contribution in [-0.2, 0) is 9.47 Å². The van der Waals surface area contributed by atoms with Crippen molar-refractivity contribution < 1.29 is 14.6 Å². The van der Waals surface area contributed by atoms with Crippen LogP contribution in [0, 0.1) is 40.4 Å². The molecule has 144 valence electrons. The van der Waals surface area contributed by atoms with Crippen LogP contribution < -0.4 is 0 Å². The summed E-state index contributed by atoms with van der Waals surface area (Å²) < 4.78 is 11.9. The minimum atomic E-state index is -0.291. The molecule has 0 aromatic rings. The molecule has 0 aromatic carbocycles. The van der Waals surface area contributed by atoms with Gasteiger partial charge in [-0.2, -0.15) is 0 Å². The number of hydrogen-bond acceptors (Lipinski definition) is 3. The van der Waals surface area contributed by atoms with Gasteiger partial charge < -0.3 is 14.6 Å². The molecule has 10 atom stereocenters. The van der Waals surface area contributed by atoms with Crippen LogP contribution in [0.25, 0.3) is 0 Å². The normalized spacial score (nSPS) is 58.3. The monoisotopic (exact) mass is 350 g/mol. The van der Waals surface area contributed by atoms with Gasteiger partial charge >= 0.3 is 0 Å². The van der Waals surface area contributed by atoms with E-state index in [9.17, 15) is 5.11 Å². The van der Waals surface area contributed by atoms with Crippen LogP contribution in [0.1, 0.15) is 65.7 Å². The molecule has 0 unspecified atom stereocenters. The Morgan fingerprint density at radius 1 is 0.880 bits per heavy atom. The fourth-order valence-electron chi connectivity index (χ4n) is 8.06. The number of aliphatic hydroxyl groups excluding tert-OH is 1. The first-order valence-electron chi connectivity index (χ1n) is 10.6. The highest BCUT2D eigenvalue weighted by atomic mass is 16.5. The Balaban J connectivity index is 1.70. The summed E-state index contributed by atoms with van der Waals surface area (Å²) in [5.41, 5.74) is 0.705. The van der Waals surface area contributed by atoms with Gasteiger partial charge in [-0.05, 0) is 85.4 Å². The zero-order valence-corrected chi connectivity index (χ0v) is 16.8. The molecule has 0 heterocycles. The highest BCUT2D eigenvalue weighted by Crippen LogP contribution is 2.67. The Kier molecular flexibility index (Phi) is 4.53. The molecule has 4 saturated carbocycles. The van der Waals surface area contributed by atoms with Crippen molar-refractivity contribution in [2.75, 3.05) is 14.2 Å². The SMILES string of the molecule is CO[C@H]1C[C@]2(C)[C@@H](C)CC[C@H]2[C@@H]2CC[C@H]3C[C@H](O)[C@@H](OC)C[C@]3(C)[C@H]21. The molecular formula is C22H38O3. The molecule has 4 aliphatic carbocycles. The fourth-order valence-corrected chi connectivity index (χ4v) is 8.06. The molecule has 0 aromatic heterocycles. The summed E-state index contributed by atoms with van der Waals surface area (Å²) >= 11 is 0. The summed E-state index contributed by atoms with van der Waals surface area (Å²) in [5, 5.41) is 10.5. The molecule has 0 radical (unpaired) electrons. The van der Waals surface area contributed by atoms with Crippen LogP contribution in [0.4, 0.5) is 0 Å². The lowest BCUT2D eigenvalue weighted by atomic mass is 9.43. The van der Waals surface area contributed by atoms with E-state index in [2.05, 4.69) is 20.8 Å². The van der Waals surface area contributed by atoms with E-state index in [0.717, 1.165) is 30.6 Å². The Labute approximate surface area is 153 Å². The highest BCUT2D eigenvalue weighted by Gasteiger charge is 2.63.